The van der Waals surface area contributed by atoms with E-state index in [9.17, 15) is 4.79 Å². The molecule has 42 heavy (non-hydrogen) atoms. The van der Waals surface area contributed by atoms with Crippen LogP contribution in [0.15, 0.2) is 145 Å². The van der Waals surface area contributed by atoms with Crippen molar-refractivity contribution in [3.05, 3.63) is 173 Å². The first kappa shape index (κ1) is 25.4. The quantitative estimate of drug-likeness (QED) is 0.230. The number of rotatable bonds is 6. The zero-order valence-corrected chi connectivity index (χ0v) is 22.8. The van der Waals surface area contributed by atoms with Gasteiger partial charge >= 0.3 is 0 Å². The van der Waals surface area contributed by atoms with E-state index < -0.39 is 0 Å². The Morgan fingerprint density at radius 1 is 0.524 bits per heavy atom. The van der Waals surface area contributed by atoms with E-state index in [1.807, 2.05) is 103 Å². The summed E-state index contributed by atoms with van der Waals surface area (Å²) in [6, 6.07) is 43.9. The van der Waals surface area contributed by atoms with Gasteiger partial charge in [-0.2, -0.15) is 0 Å². The van der Waals surface area contributed by atoms with E-state index in [2.05, 4.69) is 41.0 Å². The minimum Gasteiger partial charge on any atom is -0.487 e. The van der Waals surface area contributed by atoms with Gasteiger partial charge in [0.25, 0.3) is 5.91 Å². The highest BCUT2D eigenvalue weighted by molar-refractivity contribution is 6.03. The van der Waals surface area contributed by atoms with Crippen LogP contribution in [0.3, 0.4) is 0 Å². The van der Waals surface area contributed by atoms with E-state index in [0.717, 1.165) is 56.3 Å². The Balaban J connectivity index is 1.27. The maximum atomic E-state index is 13.9. The second kappa shape index (κ2) is 11.1. The lowest BCUT2D eigenvalue weighted by molar-refractivity contribution is 0.0962. The first-order valence-electron chi connectivity index (χ1n) is 14.0. The molecule has 0 aromatic heterocycles. The van der Waals surface area contributed by atoms with Crippen molar-refractivity contribution >= 4 is 22.7 Å². The zero-order valence-electron chi connectivity index (χ0n) is 22.8. The van der Waals surface area contributed by atoms with Gasteiger partial charge in [0.05, 0.1) is 22.6 Å². The summed E-state index contributed by atoms with van der Waals surface area (Å²) >= 11 is 0. The number of hydrogen-bond donors (Lipinski definition) is 2. The van der Waals surface area contributed by atoms with Crippen molar-refractivity contribution in [2.75, 3.05) is 18.5 Å². The highest BCUT2D eigenvalue weighted by atomic mass is 16.5. The third-order valence-electron chi connectivity index (χ3n) is 7.51. The number of para-hydroxylation sites is 3. The van der Waals surface area contributed by atoms with Gasteiger partial charge in [-0.1, -0.05) is 109 Å². The lowest BCUT2D eigenvalue weighted by atomic mass is 9.93. The van der Waals surface area contributed by atoms with Crippen LogP contribution in [0.5, 0.6) is 11.5 Å². The van der Waals surface area contributed by atoms with E-state index in [1.54, 1.807) is 0 Å². The topological polar surface area (TPSA) is 59.6 Å². The Morgan fingerprint density at radius 3 is 1.62 bits per heavy atom. The molecule has 2 heterocycles. The second-order valence-corrected chi connectivity index (χ2v) is 10.1. The maximum absolute atomic E-state index is 13.9. The van der Waals surface area contributed by atoms with Gasteiger partial charge in [0.15, 0.2) is 0 Å². The van der Waals surface area contributed by atoms with Crippen LogP contribution in [-0.2, 0) is 0 Å². The van der Waals surface area contributed by atoms with Crippen LogP contribution in [0.4, 0.5) is 5.69 Å². The molecule has 0 aliphatic carbocycles. The van der Waals surface area contributed by atoms with Gasteiger partial charge in [-0.3, -0.25) is 4.79 Å². The van der Waals surface area contributed by atoms with Crippen LogP contribution >= 0.6 is 0 Å². The number of ether oxygens (including phenoxy) is 2. The molecule has 0 saturated carbocycles. The van der Waals surface area contributed by atoms with Gasteiger partial charge in [0.2, 0.25) is 0 Å². The van der Waals surface area contributed by atoms with Gasteiger partial charge < -0.3 is 20.1 Å². The van der Waals surface area contributed by atoms with Crippen molar-refractivity contribution in [2.45, 2.75) is 0 Å². The maximum Gasteiger partial charge on any atom is 0.257 e. The molecule has 7 rings (SSSR count). The third-order valence-corrected chi connectivity index (χ3v) is 7.51. The molecule has 0 spiro atoms. The molecule has 0 atom stereocenters. The number of carbonyl (C=O) groups excluding carboxylic acids is 1. The molecule has 2 aliphatic rings. The molecule has 2 aliphatic heterocycles. The van der Waals surface area contributed by atoms with Crippen molar-refractivity contribution in [3.63, 3.8) is 0 Å². The van der Waals surface area contributed by atoms with Gasteiger partial charge in [-0.25, -0.2) is 0 Å². The number of fused-ring (bicyclic) bond motifs is 2. The number of anilines is 1. The Labute approximate surface area is 244 Å². The minimum atomic E-state index is -0.219. The fraction of sp³-hybridized carbons (Fsp3) is 0.0541. The second-order valence-electron chi connectivity index (χ2n) is 10.1. The standard InChI is InChI=1S/C37H28N2O3/c40-37(39-32-24-42-34-22-12-9-19-29(34)36(32)26-15-5-2-6-16-26)27-17-7-10-20-30(27)38-31-23-41-33-21-11-8-18-28(33)35(31)25-13-3-1-4-14-25/h1-22,38H,23-24H2,(H,39,40). The number of benzene rings is 5. The molecule has 5 aromatic carbocycles. The van der Waals surface area contributed by atoms with Gasteiger partial charge in [0, 0.05) is 22.3 Å². The van der Waals surface area contributed by atoms with Crippen LogP contribution in [0.1, 0.15) is 32.6 Å². The van der Waals surface area contributed by atoms with Crippen LogP contribution < -0.4 is 20.1 Å². The zero-order chi connectivity index (χ0) is 28.3. The molecular weight excluding hydrogens is 520 g/mol. The van der Waals surface area contributed by atoms with Crippen molar-refractivity contribution in [1.82, 2.24) is 5.32 Å². The highest BCUT2D eigenvalue weighted by Crippen LogP contribution is 2.39. The summed E-state index contributed by atoms with van der Waals surface area (Å²) in [6.45, 7) is 0.613. The van der Waals surface area contributed by atoms with Crippen LogP contribution in [-0.4, -0.2) is 19.1 Å². The van der Waals surface area contributed by atoms with E-state index in [1.165, 1.54) is 0 Å². The predicted octanol–water partition coefficient (Wildman–Crippen LogP) is 7.53. The Morgan fingerprint density at radius 2 is 1.00 bits per heavy atom. The molecular formula is C37H28N2O3. The molecule has 5 aromatic rings. The van der Waals surface area contributed by atoms with E-state index in [-0.39, 0.29) is 12.5 Å². The fourth-order valence-corrected chi connectivity index (χ4v) is 5.59. The third kappa shape index (κ3) is 4.82. The molecule has 0 fully saturated rings. The van der Waals surface area contributed by atoms with E-state index >= 15 is 0 Å². The number of amides is 1. The molecule has 204 valence electrons. The van der Waals surface area contributed by atoms with E-state index in [4.69, 9.17) is 9.47 Å². The molecule has 0 unspecified atom stereocenters. The molecule has 2 N–H and O–H groups in total. The predicted molar refractivity (Wildman–Crippen MR) is 166 cm³/mol. The summed E-state index contributed by atoms with van der Waals surface area (Å²) in [4.78, 5) is 13.9. The molecule has 1 amide bonds. The smallest absolute Gasteiger partial charge is 0.257 e. The molecule has 5 nitrogen and oxygen atoms in total. The SMILES string of the molecule is O=C(NC1=C(c2ccccc2)c2ccccc2OC1)c1ccccc1NC1=C(c2ccccc2)c2ccccc2OC1. The number of carbonyl (C=O) groups is 1. The minimum absolute atomic E-state index is 0.219. The summed E-state index contributed by atoms with van der Waals surface area (Å²) in [7, 11) is 0. The molecule has 0 radical (unpaired) electrons. The Kier molecular flexibility index (Phi) is 6.74. The van der Waals surface area contributed by atoms with Gasteiger partial charge in [-0.05, 0) is 35.4 Å². The molecule has 0 saturated heterocycles. The lowest BCUT2D eigenvalue weighted by Crippen LogP contribution is -2.30. The Bertz CT molecular complexity index is 1840. The van der Waals surface area contributed by atoms with Crippen molar-refractivity contribution < 1.29 is 14.3 Å². The summed E-state index contributed by atoms with van der Waals surface area (Å²) in [5.74, 6) is 1.42. The first-order chi connectivity index (χ1) is 20.8. The normalized spacial score (nSPS) is 13.8. The summed E-state index contributed by atoms with van der Waals surface area (Å²) in [6.07, 6.45) is 0. The average molecular weight is 549 g/mol. The summed E-state index contributed by atoms with van der Waals surface area (Å²) in [5, 5.41) is 6.75. The first-order valence-corrected chi connectivity index (χ1v) is 14.0. The van der Waals surface area contributed by atoms with Crippen LogP contribution in [0.2, 0.25) is 0 Å². The Hall–Kier alpha value is -5.55. The summed E-state index contributed by atoms with van der Waals surface area (Å²) < 4.78 is 12.2. The number of hydrogen-bond acceptors (Lipinski definition) is 4. The summed E-state index contributed by atoms with van der Waals surface area (Å²) in [5.41, 5.74) is 8.90. The molecule has 0 bridgehead atoms. The van der Waals surface area contributed by atoms with E-state index in [0.29, 0.717) is 17.9 Å². The average Bonchev–Trinajstić information content (AvgIpc) is 3.05. The highest BCUT2D eigenvalue weighted by Gasteiger charge is 2.25. The largest absolute Gasteiger partial charge is 0.487 e. The monoisotopic (exact) mass is 548 g/mol. The molecule has 5 heteroatoms. The van der Waals surface area contributed by atoms with Crippen LogP contribution in [0.25, 0.3) is 11.1 Å². The van der Waals surface area contributed by atoms with Gasteiger partial charge in [0.1, 0.15) is 24.7 Å². The van der Waals surface area contributed by atoms with Gasteiger partial charge in [-0.15, -0.1) is 0 Å². The number of nitrogens with one attached hydrogen (secondary N) is 2. The fourth-order valence-electron chi connectivity index (χ4n) is 5.59. The van der Waals surface area contributed by atoms with Crippen molar-refractivity contribution in [1.29, 1.82) is 0 Å². The van der Waals surface area contributed by atoms with Crippen LogP contribution in [0, 0.1) is 0 Å². The van der Waals surface area contributed by atoms with Crippen molar-refractivity contribution in [2.24, 2.45) is 0 Å². The lowest BCUT2D eigenvalue weighted by Gasteiger charge is -2.27. The van der Waals surface area contributed by atoms with Crippen molar-refractivity contribution in [3.8, 4) is 11.5 Å².